The highest BCUT2D eigenvalue weighted by atomic mass is 28.5. The molecule has 1 atom stereocenters. The van der Waals surface area contributed by atoms with Gasteiger partial charge in [-0.15, -0.1) is 0 Å². The Morgan fingerprint density at radius 3 is 1.86 bits per heavy atom. The van der Waals surface area contributed by atoms with E-state index in [1.807, 2.05) is 13.1 Å². The minimum Gasteiger partial charge on any atom is -0.394 e. The highest BCUT2D eigenvalue weighted by molar-refractivity contribution is 6.83. The van der Waals surface area contributed by atoms with Crippen molar-refractivity contribution >= 4 is 26.2 Å². The number of hydrogen-bond donors (Lipinski definition) is 4. The molecule has 0 aromatic carbocycles. The quantitative estimate of drug-likeness (QED) is 0.150. The Labute approximate surface area is 180 Å². The van der Waals surface area contributed by atoms with Crippen LogP contribution in [0.3, 0.4) is 0 Å². The van der Waals surface area contributed by atoms with E-state index in [9.17, 15) is 0 Å². The van der Waals surface area contributed by atoms with Gasteiger partial charge in [0.15, 0.2) is 0 Å². The van der Waals surface area contributed by atoms with Crippen LogP contribution in [0.15, 0.2) is 0 Å². The van der Waals surface area contributed by atoms with Crippen molar-refractivity contribution in [3.05, 3.63) is 0 Å². The molecule has 0 fully saturated rings. The lowest BCUT2D eigenvalue weighted by molar-refractivity contribution is 0.106. The van der Waals surface area contributed by atoms with E-state index < -0.39 is 26.2 Å². The maximum Gasteiger partial charge on any atom is 0.509 e. The Kier molecular flexibility index (Phi) is 15.2. The minimum absolute atomic E-state index is 0.0851. The van der Waals surface area contributed by atoms with Gasteiger partial charge in [-0.2, -0.15) is 0 Å². The first-order valence-electron chi connectivity index (χ1n) is 10.2. The van der Waals surface area contributed by atoms with Gasteiger partial charge < -0.3 is 48.0 Å². The summed E-state index contributed by atoms with van der Waals surface area (Å²) in [6.45, 7) is 9.38. The van der Waals surface area contributed by atoms with Crippen molar-refractivity contribution in [2.75, 3.05) is 61.2 Å². The second kappa shape index (κ2) is 15.1. The van der Waals surface area contributed by atoms with Crippen molar-refractivity contribution in [3.8, 4) is 0 Å². The Morgan fingerprint density at radius 2 is 1.41 bits per heavy atom. The number of nitrogens with two attached hydrogens (primary N) is 2. The van der Waals surface area contributed by atoms with Gasteiger partial charge in [-0.25, -0.2) is 0 Å². The zero-order chi connectivity index (χ0) is 22.4. The normalized spacial score (nSPS) is 14.4. The summed E-state index contributed by atoms with van der Waals surface area (Å²) < 4.78 is 36.2. The molecule has 0 aromatic rings. The molecule has 0 aliphatic rings. The van der Waals surface area contributed by atoms with Crippen LogP contribution in [0.4, 0.5) is 0 Å². The van der Waals surface area contributed by atoms with E-state index in [0.29, 0.717) is 25.7 Å². The van der Waals surface area contributed by atoms with Gasteiger partial charge in [0.2, 0.25) is 0 Å². The molecule has 0 saturated heterocycles. The van der Waals surface area contributed by atoms with Crippen molar-refractivity contribution in [2.45, 2.75) is 44.6 Å². The first-order valence-corrected chi connectivity index (χ1v) is 16.7. The number of hydrogen-bond acceptors (Lipinski definition) is 10. The summed E-state index contributed by atoms with van der Waals surface area (Å²) in [4.78, 5) is 0. The molecule has 0 aromatic heterocycles. The van der Waals surface area contributed by atoms with E-state index in [-0.39, 0.29) is 5.67 Å². The van der Waals surface area contributed by atoms with Crippen LogP contribution in [0, 0.1) is 0 Å². The molecule has 0 spiro atoms. The lowest BCUT2D eigenvalue weighted by Gasteiger charge is -2.41. The van der Waals surface area contributed by atoms with Crippen LogP contribution in [0.25, 0.3) is 0 Å². The average molecular weight is 473 g/mol. The lowest BCUT2D eigenvalue weighted by atomic mass is 10.4. The Balaban J connectivity index is 5.30. The molecule has 0 bridgehead atoms. The molecule has 0 amide bonds. The Morgan fingerprint density at radius 1 is 0.828 bits per heavy atom. The van der Waals surface area contributed by atoms with Crippen molar-refractivity contribution < 1.29 is 25.9 Å². The Hall–Kier alpha value is 0.251. The van der Waals surface area contributed by atoms with E-state index in [1.54, 1.807) is 28.4 Å². The van der Waals surface area contributed by atoms with Crippen molar-refractivity contribution in [2.24, 2.45) is 11.5 Å². The van der Waals surface area contributed by atoms with Crippen molar-refractivity contribution in [3.63, 3.8) is 0 Å². The van der Waals surface area contributed by atoms with E-state index in [4.69, 9.17) is 37.4 Å². The SMILES string of the molecule is CCC(NCCN)[Si](OC)(OC)O[Si](C)(C)O[Si](CCCNCCN)(OC)OC. The summed E-state index contributed by atoms with van der Waals surface area (Å²) in [5.74, 6) is 0. The zero-order valence-corrected chi connectivity index (χ0v) is 22.3. The molecule has 0 saturated carbocycles. The second-order valence-corrected chi connectivity index (χ2v) is 16.9. The largest absolute Gasteiger partial charge is 0.509 e. The number of nitrogens with one attached hydrogen (secondary N) is 2. The third-order valence-electron chi connectivity index (χ3n) is 4.51. The predicted octanol–water partition coefficient (Wildman–Crippen LogP) is -0.0107. The monoisotopic (exact) mass is 472 g/mol. The van der Waals surface area contributed by atoms with Gasteiger partial charge in [-0.3, -0.25) is 0 Å². The third kappa shape index (κ3) is 9.94. The summed E-state index contributed by atoms with van der Waals surface area (Å²) >= 11 is 0. The summed E-state index contributed by atoms with van der Waals surface area (Å²) in [6, 6.07) is 0.675. The van der Waals surface area contributed by atoms with Gasteiger partial charge in [-0.1, -0.05) is 6.92 Å². The van der Waals surface area contributed by atoms with Gasteiger partial charge in [0.1, 0.15) is 0 Å². The topological polar surface area (TPSA) is 131 Å². The fourth-order valence-electron chi connectivity index (χ4n) is 3.12. The lowest BCUT2D eigenvalue weighted by Crippen LogP contribution is -2.67. The van der Waals surface area contributed by atoms with E-state index in [1.165, 1.54) is 0 Å². The van der Waals surface area contributed by atoms with Crippen LogP contribution < -0.4 is 22.1 Å². The fraction of sp³-hybridized carbons (Fsp3) is 1.00. The van der Waals surface area contributed by atoms with E-state index in [2.05, 4.69) is 17.6 Å². The molecule has 0 rings (SSSR count). The van der Waals surface area contributed by atoms with Crippen LogP contribution in [0.5, 0.6) is 0 Å². The maximum atomic E-state index is 6.53. The van der Waals surface area contributed by atoms with Crippen molar-refractivity contribution in [1.29, 1.82) is 0 Å². The number of rotatable bonds is 19. The van der Waals surface area contributed by atoms with Crippen LogP contribution in [0.1, 0.15) is 19.8 Å². The second-order valence-electron chi connectivity index (χ2n) is 7.05. The van der Waals surface area contributed by atoms with Crippen LogP contribution >= 0.6 is 0 Å². The summed E-state index contributed by atoms with van der Waals surface area (Å²) in [7, 11) is -2.21. The molecular weight excluding hydrogens is 428 g/mol. The van der Waals surface area contributed by atoms with E-state index >= 15 is 0 Å². The fourth-order valence-corrected chi connectivity index (χ4v) is 14.5. The van der Waals surface area contributed by atoms with Crippen molar-refractivity contribution in [1.82, 2.24) is 10.6 Å². The highest BCUT2D eigenvalue weighted by Crippen LogP contribution is 2.27. The molecule has 29 heavy (non-hydrogen) atoms. The molecule has 0 aliphatic heterocycles. The standard InChI is InChI=1S/C16H44N4O6Si3/c1-8-16(20-14-11-18)29(23-4,24-5)26-27(6,7)25-28(21-2,22-3)15-9-12-19-13-10-17/h16,19-20H,8-15,17-18H2,1-7H3. The predicted molar refractivity (Wildman–Crippen MR) is 122 cm³/mol. The highest BCUT2D eigenvalue weighted by Gasteiger charge is 2.55. The molecule has 10 nitrogen and oxygen atoms in total. The van der Waals surface area contributed by atoms with Gasteiger partial charge in [-0.05, 0) is 32.5 Å². The smallest absolute Gasteiger partial charge is 0.394 e. The minimum atomic E-state index is -3.06. The van der Waals surface area contributed by atoms with Crippen LogP contribution in [-0.2, 0) is 25.9 Å². The molecule has 0 heterocycles. The Bertz CT molecular complexity index is 418. The van der Waals surface area contributed by atoms with E-state index in [0.717, 1.165) is 25.9 Å². The third-order valence-corrected chi connectivity index (χ3v) is 15.6. The molecule has 1 unspecified atom stereocenters. The van der Waals surface area contributed by atoms with Crippen LogP contribution in [0.2, 0.25) is 19.1 Å². The summed E-state index contributed by atoms with van der Waals surface area (Å²) in [5.41, 5.74) is 11.1. The average Bonchev–Trinajstić information content (AvgIpc) is 2.72. The zero-order valence-electron chi connectivity index (χ0n) is 19.3. The molecule has 0 aliphatic carbocycles. The van der Waals surface area contributed by atoms with Gasteiger partial charge in [0.25, 0.3) is 0 Å². The maximum absolute atomic E-state index is 6.53. The molecule has 176 valence electrons. The first kappa shape index (κ1) is 29.3. The molecule has 13 heteroatoms. The van der Waals surface area contributed by atoms with Crippen LogP contribution in [-0.4, -0.2) is 93.0 Å². The molecule has 6 N–H and O–H groups in total. The van der Waals surface area contributed by atoms with Gasteiger partial charge in [0, 0.05) is 60.7 Å². The molecular formula is C16H44N4O6Si3. The summed E-state index contributed by atoms with van der Waals surface area (Å²) in [6.07, 6.45) is 1.63. The first-order chi connectivity index (χ1) is 13.7. The van der Waals surface area contributed by atoms with Gasteiger partial charge in [0.05, 0.1) is 5.67 Å². The van der Waals surface area contributed by atoms with Gasteiger partial charge >= 0.3 is 26.2 Å². The summed E-state index contributed by atoms with van der Waals surface area (Å²) in [5, 5.41) is 6.66. The molecule has 0 radical (unpaired) electrons.